The third-order valence-corrected chi connectivity index (χ3v) is 8.75. The molecule has 0 aliphatic rings. The van der Waals surface area contributed by atoms with E-state index in [-0.39, 0.29) is 5.75 Å². The third-order valence-electron chi connectivity index (χ3n) is 8.75. The summed E-state index contributed by atoms with van der Waals surface area (Å²) >= 11 is 0. The number of hydrogen-bond donors (Lipinski definition) is 2. The summed E-state index contributed by atoms with van der Waals surface area (Å²) in [5.74, 6) is -0.647. The van der Waals surface area contributed by atoms with E-state index < -0.39 is 16.6 Å². The second-order valence-corrected chi connectivity index (χ2v) is 11.1. The van der Waals surface area contributed by atoms with Gasteiger partial charge in [0.15, 0.2) is 11.6 Å². The minimum Gasteiger partial charge on any atom is -0.508 e. The molecule has 3 heteroatoms. The quantitative estimate of drug-likeness (QED) is 0.272. The minimum atomic E-state index is -0.613. The average Bonchev–Trinajstić information content (AvgIpc) is 2.87. The van der Waals surface area contributed by atoms with Crippen LogP contribution in [0.2, 0.25) is 0 Å². The van der Waals surface area contributed by atoms with Crippen molar-refractivity contribution in [1.82, 2.24) is 0 Å². The van der Waals surface area contributed by atoms with Gasteiger partial charge in [0.25, 0.3) is 0 Å². The summed E-state index contributed by atoms with van der Waals surface area (Å²) in [6.45, 7) is 16.9. The molecule has 1 atom stereocenters. The van der Waals surface area contributed by atoms with Crippen LogP contribution < -0.4 is 0 Å². The SMILES string of the molecule is Cc1ccc(C(C)(c2ccc(C(C)(C)c3ccc(O)c(F)c3)cc2)c2ccc(O)c(C)c2C)c(C)c1C. The van der Waals surface area contributed by atoms with E-state index in [0.29, 0.717) is 5.75 Å². The van der Waals surface area contributed by atoms with Gasteiger partial charge in [-0.25, -0.2) is 4.39 Å². The van der Waals surface area contributed by atoms with Crippen LogP contribution in [0.1, 0.15) is 76.4 Å². The van der Waals surface area contributed by atoms with Crippen molar-refractivity contribution in [1.29, 1.82) is 0 Å². The van der Waals surface area contributed by atoms with Gasteiger partial charge in [-0.05, 0) is 115 Å². The van der Waals surface area contributed by atoms with Crippen LogP contribution in [0.4, 0.5) is 4.39 Å². The molecule has 4 aromatic rings. The standard InChI is InChI=1S/C34H37FO2/c1-20-9-15-28(22(3)21(20)2)34(8,29-16-18-31(36)24(5)23(29)4)26-12-10-25(11-13-26)33(6,7)27-14-17-32(37)30(35)19-27/h9-19,36-37H,1-8H3. The first-order chi connectivity index (χ1) is 17.3. The first kappa shape index (κ1) is 26.5. The van der Waals surface area contributed by atoms with Crippen LogP contribution >= 0.6 is 0 Å². The van der Waals surface area contributed by atoms with E-state index in [1.54, 1.807) is 12.1 Å². The van der Waals surface area contributed by atoms with Crippen molar-refractivity contribution in [3.05, 3.63) is 128 Å². The van der Waals surface area contributed by atoms with Crippen LogP contribution in [-0.2, 0) is 10.8 Å². The number of benzene rings is 4. The van der Waals surface area contributed by atoms with Crippen molar-refractivity contribution in [2.75, 3.05) is 0 Å². The summed E-state index contributed by atoms with van der Waals surface area (Å²) in [5, 5.41) is 20.0. The first-order valence-corrected chi connectivity index (χ1v) is 12.8. The number of phenolic OH excluding ortho intramolecular Hbond substituents is 2. The molecular weight excluding hydrogens is 459 g/mol. The highest BCUT2D eigenvalue weighted by Crippen LogP contribution is 2.45. The second-order valence-electron chi connectivity index (χ2n) is 11.1. The predicted molar refractivity (Wildman–Crippen MR) is 150 cm³/mol. The summed E-state index contributed by atoms with van der Waals surface area (Å²) in [4.78, 5) is 0. The highest BCUT2D eigenvalue weighted by atomic mass is 19.1. The lowest BCUT2D eigenvalue weighted by molar-refractivity contribution is 0.430. The largest absolute Gasteiger partial charge is 0.508 e. The lowest BCUT2D eigenvalue weighted by Crippen LogP contribution is -2.28. The van der Waals surface area contributed by atoms with Gasteiger partial charge in [-0.1, -0.05) is 62.4 Å². The molecule has 2 N–H and O–H groups in total. The van der Waals surface area contributed by atoms with Gasteiger partial charge in [0.2, 0.25) is 0 Å². The summed E-state index contributed by atoms with van der Waals surface area (Å²) in [6, 6.07) is 21.4. The van der Waals surface area contributed by atoms with Crippen LogP contribution in [-0.4, -0.2) is 10.2 Å². The van der Waals surface area contributed by atoms with E-state index in [9.17, 15) is 14.6 Å². The fraction of sp³-hybridized carbons (Fsp3) is 0.294. The molecule has 0 amide bonds. The number of aromatic hydroxyl groups is 2. The molecule has 0 fully saturated rings. The van der Waals surface area contributed by atoms with E-state index in [1.165, 1.54) is 34.4 Å². The Morgan fingerprint density at radius 1 is 0.541 bits per heavy atom. The highest BCUT2D eigenvalue weighted by Gasteiger charge is 2.35. The maximum atomic E-state index is 14.2. The van der Waals surface area contributed by atoms with Crippen LogP contribution in [0, 0.1) is 40.4 Å². The highest BCUT2D eigenvalue weighted by molar-refractivity contribution is 5.59. The molecule has 0 aromatic heterocycles. The average molecular weight is 497 g/mol. The van der Waals surface area contributed by atoms with E-state index >= 15 is 0 Å². The van der Waals surface area contributed by atoms with Gasteiger partial charge < -0.3 is 10.2 Å². The Labute approximate surface area is 220 Å². The Morgan fingerprint density at radius 3 is 1.62 bits per heavy atom. The van der Waals surface area contributed by atoms with Crippen LogP contribution in [0.25, 0.3) is 0 Å². The van der Waals surface area contributed by atoms with E-state index in [1.807, 2.05) is 13.0 Å². The molecule has 0 radical (unpaired) electrons. The number of hydrogen-bond acceptors (Lipinski definition) is 2. The van der Waals surface area contributed by atoms with Crippen LogP contribution in [0.15, 0.2) is 66.7 Å². The van der Waals surface area contributed by atoms with Crippen molar-refractivity contribution in [2.45, 2.75) is 66.2 Å². The fourth-order valence-electron chi connectivity index (χ4n) is 5.58. The fourth-order valence-corrected chi connectivity index (χ4v) is 5.58. The summed E-state index contributed by atoms with van der Waals surface area (Å²) in [7, 11) is 0. The Morgan fingerprint density at radius 2 is 1.03 bits per heavy atom. The zero-order chi connectivity index (χ0) is 27.3. The summed E-state index contributed by atoms with van der Waals surface area (Å²) in [6.07, 6.45) is 0. The molecular formula is C34H37FO2. The van der Waals surface area contributed by atoms with Crippen molar-refractivity contribution >= 4 is 0 Å². The zero-order valence-electron chi connectivity index (χ0n) is 23.1. The lowest BCUT2D eigenvalue weighted by Gasteiger charge is -2.36. The van der Waals surface area contributed by atoms with Gasteiger partial charge in [0.1, 0.15) is 5.75 Å². The zero-order valence-corrected chi connectivity index (χ0v) is 23.1. The molecule has 2 nitrogen and oxygen atoms in total. The summed E-state index contributed by atoms with van der Waals surface area (Å²) in [5.41, 5.74) is 10.2. The van der Waals surface area contributed by atoms with Gasteiger partial charge in [-0.3, -0.25) is 0 Å². The molecule has 0 aliphatic heterocycles. The molecule has 0 bridgehead atoms. The third kappa shape index (κ3) is 4.31. The predicted octanol–water partition coefficient (Wildman–Crippen LogP) is 8.46. The molecule has 4 rings (SSSR count). The molecule has 1 unspecified atom stereocenters. The number of aryl methyl sites for hydroxylation is 1. The molecule has 192 valence electrons. The lowest BCUT2D eigenvalue weighted by atomic mass is 9.66. The van der Waals surface area contributed by atoms with E-state index in [2.05, 4.69) is 84.9 Å². The Balaban J connectivity index is 1.92. The Kier molecular flexibility index (Phi) is 6.71. The maximum absolute atomic E-state index is 14.2. The number of halogens is 1. The van der Waals surface area contributed by atoms with Gasteiger partial charge in [-0.2, -0.15) is 0 Å². The van der Waals surface area contributed by atoms with E-state index in [4.69, 9.17) is 0 Å². The van der Waals surface area contributed by atoms with Crippen LogP contribution in [0.5, 0.6) is 11.5 Å². The molecule has 0 aliphatic carbocycles. The molecule has 0 spiro atoms. The van der Waals surface area contributed by atoms with Gasteiger partial charge in [0.05, 0.1) is 0 Å². The molecule has 4 aromatic carbocycles. The Bertz CT molecular complexity index is 1420. The van der Waals surface area contributed by atoms with Gasteiger partial charge in [-0.15, -0.1) is 0 Å². The van der Waals surface area contributed by atoms with Crippen LogP contribution in [0.3, 0.4) is 0 Å². The minimum absolute atomic E-state index is 0.304. The Hall–Kier alpha value is -3.59. The number of phenols is 2. The van der Waals surface area contributed by atoms with Gasteiger partial charge >= 0.3 is 0 Å². The normalized spacial score (nSPS) is 13.4. The summed E-state index contributed by atoms with van der Waals surface area (Å²) < 4.78 is 14.2. The van der Waals surface area contributed by atoms with Crippen molar-refractivity contribution in [2.24, 2.45) is 0 Å². The molecule has 0 saturated heterocycles. The van der Waals surface area contributed by atoms with Gasteiger partial charge in [0, 0.05) is 10.8 Å². The maximum Gasteiger partial charge on any atom is 0.165 e. The van der Waals surface area contributed by atoms with Crippen molar-refractivity contribution in [3.8, 4) is 11.5 Å². The second kappa shape index (κ2) is 9.37. The number of rotatable bonds is 5. The molecule has 0 saturated carbocycles. The smallest absolute Gasteiger partial charge is 0.165 e. The molecule has 0 heterocycles. The van der Waals surface area contributed by atoms with Crippen molar-refractivity contribution < 1.29 is 14.6 Å². The van der Waals surface area contributed by atoms with Crippen molar-refractivity contribution in [3.63, 3.8) is 0 Å². The topological polar surface area (TPSA) is 40.5 Å². The first-order valence-electron chi connectivity index (χ1n) is 12.8. The van der Waals surface area contributed by atoms with E-state index in [0.717, 1.165) is 33.4 Å². The molecule has 37 heavy (non-hydrogen) atoms. The monoisotopic (exact) mass is 496 g/mol.